The largest absolute Gasteiger partial charge is 0.0533 e. The Morgan fingerprint density at radius 1 is 0.429 bits per heavy atom. The molecule has 1 rings (SSSR count). The third-order valence-electron chi connectivity index (χ3n) is 1.50. The average molecular weight is 322 g/mol. The standard InChI is InChI=1S/C6H12.U/c1-2-4-6-5-3-1;/h1-6H2;. The molecule has 1 fully saturated rings. The van der Waals surface area contributed by atoms with Gasteiger partial charge in [0.05, 0.1) is 0 Å². The molecule has 1 saturated carbocycles. The van der Waals surface area contributed by atoms with E-state index in [1.807, 2.05) is 0 Å². The van der Waals surface area contributed by atoms with Crippen LogP contribution in [0.15, 0.2) is 0 Å². The fourth-order valence-electron chi connectivity index (χ4n) is 1.06. The maximum absolute atomic E-state index is 1.50. The van der Waals surface area contributed by atoms with Crippen molar-refractivity contribution in [1.82, 2.24) is 0 Å². The topological polar surface area (TPSA) is 0 Å². The Bertz CT molecular complexity index is 19.7. The maximum Gasteiger partial charge on any atom is 0 e. The van der Waals surface area contributed by atoms with E-state index >= 15 is 0 Å². The first-order chi connectivity index (χ1) is 3.00. The van der Waals surface area contributed by atoms with Gasteiger partial charge in [-0.2, -0.15) is 0 Å². The van der Waals surface area contributed by atoms with Gasteiger partial charge in [0, 0.05) is 31.1 Å². The number of hydrogen-bond donors (Lipinski definition) is 0. The predicted octanol–water partition coefficient (Wildman–Crippen LogP) is 2.34. The SMILES string of the molecule is C1CCCCC1.[U]. The first kappa shape index (κ1) is 8.05. The van der Waals surface area contributed by atoms with Crippen molar-refractivity contribution in [2.45, 2.75) is 38.5 Å². The Morgan fingerprint density at radius 2 is 0.571 bits per heavy atom. The van der Waals surface area contributed by atoms with Gasteiger partial charge >= 0.3 is 0 Å². The zero-order valence-electron chi connectivity index (χ0n) is 4.74. The van der Waals surface area contributed by atoms with Gasteiger partial charge in [-0.1, -0.05) is 38.5 Å². The molecule has 40 valence electrons. The summed E-state index contributed by atoms with van der Waals surface area (Å²) in [4.78, 5) is 0. The van der Waals surface area contributed by atoms with Crippen LogP contribution in [-0.2, 0) is 0 Å². The summed E-state index contributed by atoms with van der Waals surface area (Å²) >= 11 is 0. The van der Waals surface area contributed by atoms with Crippen molar-refractivity contribution in [3.63, 3.8) is 0 Å². The van der Waals surface area contributed by atoms with E-state index in [-0.39, 0.29) is 31.1 Å². The van der Waals surface area contributed by atoms with Crippen molar-refractivity contribution in [3.05, 3.63) is 0 Å². The van der Waals surface area contributed by atoms with Crippen LogP contribution in [0, 0.1) is 31.1 Å². The maximum atomic E-state index is 1.50. The molecule has 0 bridgehead atoms. The van der Waals surface area contributed by atoms with Crippen molar-refractivity contribution in [2.24, 2.45) is 0 Å². The van der Waals surface area contributed by atoms with Crippen LogP contribution in [0.1, 0.15) is 38.5 Å². The molecule has 0 saturated heterocycles. The van der Waals surface area contributed by atoms with Gasteiger partial charge in [0.25, 0.3) is 0 Å². The van der Waals surface area contributed by atoms with Crippen LogP contribution in [0.2, 0.25) is 0 Å². The van der Waals surface area contributed by atoms with Crippen LogP contribution in [0.5, 0.6) is 0 Å². The van der Waals surface area contributed by atoms with Crippen LogP contribution in [0.4, 0.5) is 0 Å². The molecule has 7 heavy (non-hydrogen) atoms. The van der Waals surface area contributed by atoms with E-state index in [1.165, 1.54) is 38.5 Å². The van der Waals surface area contributed by atoms with E-state index in [4.69, 9.17) is 0 Å². The van der Waals surface area contributed by atoms with Crippen molar-refractivity contribution >= 4 is 0 Å². The van der Waals surface area contributed by atoms with Crippen LogP contribution in [-0.4, -0.2) is 0 Å². The molecule has 0 aliphatic heterocycles. The Balaban J connectivity index is 0.000000360. The Morgan fingerprint density at radius 3 is 0.714 bits per heavy atom. The monoisotopic (exact) mass is 322 g/mol. The molecule has 0 aromatic rings. The molecule has 0 amide bonds. The second-order valence-corrected chi connectivity index (χ2v) is 2.12. The predicted molar refractivity (Wildman–Crippen MR) is 27.7 cm³/mol. The normalized spacial score (nSPS) is 20.6. The minimum atomic E-state index is 0. The van der Waals surface area contributed by atoms with Crippen molar-refractivity contribution in [2.75, 3.05) is 0 Å². The summed E-state index contributed by atoms with van der Waals surface area (Å²) in [5, 5.41) is 0. The third-order valence-corrected chi connectivity index (χ3v) is 1.50. The van der Waals surface area contributed by atoms with Crippen molar-refractivity contribution < 1.29 is 31.1 Å². The summed E-state index contributed by atoms with van der Waals surface area (Å²) < 4.78 is 0. The van der Waals surface area contributed by atoms with E-state index in [1.54, 1.807) is 0 Å². The summed E-state index contributed by atoms with van der Waals surface area (Å²) in [5.41, 5.74) is 0. The zero-order chi connectivity index (χ0) is 4.24. The van der Waals surface area contributed by atoms with Gasteiger partial charge in [-0.05, 0) is 0 Å². The quantitative estimate of drug-likeness (QED) is 0.642. The average Bonchev–Trinajstić information content (AvgIpc) is 1.72. The summed E-state index contributed by atoms with van der Waals surface area (Å²) in [6, 6.07) is 0. The molecule has 0 N–H and O–H groups in total. The minimum Gasteiger partial charge on any atom is -0.0533 e. The van der Waals surface area contributed by atoms with Gasteiger partial charge in [0.15, 0.2) is 0 Å². The van der Waals surface area contributed by atoms with Crippen molar-refractivity contribution in [3.8, 4) is 0 Å². The molecule has 1 heteroatoms. The third kappa shape index (κ3) is 3.62. The number of rotatable bonds is 0. The van der Waals surface area contributed by atoms with Gasteiger partial charge in [0.2, 0.25) is 0 Å². The summed E-state index contributed by atoms with van der Waals surface area (Å²) in [6.45, 7) is 0. The summed E-state index contributed by atoms with van der Waals surface area (Å²) in [7, 11) is 0. The summed E-state index contributed by atoms with van der Waals surface area (Å²) in [6.07, 6.45) is 9.00. The minimum absolute atomic E-state index is 0. The molecule has 0 spiro atoms. The smallest absolute Gasteiger partial charge is 0 e. The second kappa shape index (κ2) is 5.19. The molecule has 0 heterocycles. The second-order valence-electron chi connectivity index (χ2n) is 2.12. The first-order valence-electron chi connectivity index (χ1n) is 3.00. The fourth-order valence-corrected chi connectivity index (χ4v) is 1.06. The van der Waals surface area contributed by atoms with E-state index in [0.29, 0.717) is 0 Å². The summed E-state index contributed by atoms with van der Waals surface area (Å²) in [5.74, 6) is 0. The van der Waals surface area contributed by atoms with Gasteiger partial charge in [-0.25, -0.2) is 0 Å². The fraction of sp³-hybridized carbons (Fsp3) is 1.00. The van der Waals surface area contributed by atoms with Gasteiger partial charge in [-0.3, -0.25) is 0 Å². The molecule has 0 nitrogen and oxygen atoms in total. The van der Waals surface area contributed by atoms with E-state index in [9.17, 15) is 0 Å². The Hall–Kier alpha value is 1.05. The molecule has 0 aromatic heterocycles. The van der Waals surface area contributed by atoms with Crippen LogP contribution in [0.3, 0.4) is 0 Å². The molecule has 1 aliphatic carbocycles. The molecule has 1 aliphatic rings. The number of hydrogen-bond acceptors (Lipinski definition) is 0. The van der Waals surface area contributed by atoms with Gasteiger partial charge in [0.1, 0.15) is 0 Å². The van der Waals surface area contributed by atoms with Crippen molar-refractivity contribution in [1.29, 1.82) is 0 Å². The molecule has 0 atom stereocenters. The van der Waals surface area contributed by atoms with Crippen LogP contribution < -0.4 is 0 Å². The Labute approximate surface area is 69.4 Å². The van der Waals surface area contributed by atoms with Gasteiger partial charge < -0.3 is 0 Å². The molecule has 0 unspecified atom stereocenters. The molecule has 0 radical (unpaired) electrons. The van der Waals surface area contributed by atoms with Gasteiger partial charge in [-0.15, -0.1) is 0 Å². The zero-order valence-corrected chi connectivity index (χ0v) is 8.91. The van der Waals surface area contributed by atoms with E-state index in [2.05, 4.69) is 0 Å². The first-order valence-corrected chi connectivity index (χ1v) is 3.00. The van der Waals surface area contributed by atoms with Crippen LogP contribution in [0.25, 0.3) is 0 Å². The van der Waals surface area contributed by atoms with E-state index < -0.39 is 0 Å². The molecule has 0 aromatic carbocycles. The molecular weight excluding hydrogens is 310 g/mol. The van der Waals surface area contributed by atoms with E-state index in [0.717, 1.165) is 0 Å². The Kier molecular flexibility index (Phi) is 5.97. The molecular formula is C6H12U. The van der Waals surface area contributed by atoms with Crippen LogP contribution >= 0.6 is 0 Å².